The van der Waals surface area contributed by atoms with E-state index in [0.29, 0.717) is 0 Å². The van der Waals surface area contributed by atoms with Crippen LogP contribution in [0.1, 0.15) is 0 Å². The standard InChI is InChI=1S/C6Cl6O.K/c7-1-2(8)4(10)6(13-12)5(11)3(1)9;. The van der Waals surface area contributed by atoms with Crippen molar-refractivity contribution in [2.45, 2.75) is 0 Å². The second-order valence-corrected chi connectivity index (χ2v) is 4.02. The fraction of sp³-hybridized carbons (Fsp3) is 0. The minimum absolute atomic E-state index is 0. The van der Waals surface area contributed by atoms with Gasteiger partial charge in [0, 0.05) is 51.4 Å². The van der Waals surface area contributed by atoms with E-state index in [-0.39, 0.29) is 82.2 Å². The van der Waals surface area contributed by atoms with Gasteiger partial charge < -0.3 is 4.29 Å². The molecule has 0 aliphatic rings. The molecule has 0 atom stereocenters. The summed E-state index contributed by atoms with van der Waals surface area (Å²) in [5.74, 6) is -0.00981. The summed E-state index contributed by atoms with van der Waals surface area (Å²) in [6.07, 6.45) is 0. The number of halogens is 6. The van der Waals surface area contributed by atoms with Crippen molar-refractivity contribution in [1.29, 1.82) is 0 Å². The van der Waals surface area contributed by atoms with Crippen molar-refractivity contribution in [2.75, 3.05) is 0 Å². The topological polar surface area (TPSA) is 9.23 Å². The first-order valence-electron chi connectivity index (χ1n) is 2.80. The molecule has 1 rings (SSSR count). The average Bonchev–Trinajstić information content (AvgIpc) is 2.13. The Kier molecular flexibility index (Phi) is 8.16. The predicted molar refractivity (Wildman–Crippen MR) is 63.7 cm³/mol. The van der Waals surface area contributed by atoms with Crippen LogP contribution in [-0.4, -0.2) is 51.4 Å². The van der Waals surface area contributed by atoms with Crippen LogP contribution >= 0.6 is 69.9 Å². The molecular weight excluding hydrogens is 340 g/mol. The Bertz CT molecular complexity index is 326. The van der Waals surface area contributed by atoms with Gasteiger partial charge in [0.15, 0.2) is 5.75 Å². The third-order valence-electron chi connectivity index (χ3n) is 1.25. The zero-order chi connectivity index (χ0) is 10.2. The number of benzene rings is 1. The van der Waals surface area contributed by atoms with Gasteiger partial charge in [0.2, 0.25) is 0 Å². The van der Waals surface area contributed by atoms with Gasteiger partial charge in [-0.25, -0.2) is 0 Å². The van der Waals surface area contributed by atoms with Crippen LogP contribution in [0.5, 0.6) is 5.75 Å². The van der Waals surface area contributed by atoms with E-state index in [9.17, 15) is 0 Å². The monoisotopic (exact) mass is 337 g/mol. The number of hydrogen-bond donors (Lipinski definition) is 0. The summed E-state index contributed by atoms with van der Waals surface area (Å²) in [6.45, 7) is 0. The summed E-state index contributed by atoms with van der Waals surface area (Å²) in [5, 5.41) is 0.213. The molecule has 14 heavy (non-hydrogen) atoms. The molecule has 8 heteroatoms. The number of hydrogen-bond acceptors (Lipinski definition) is 1. The molecule has 0 spiro atoms. The van der Waals surface area contributed by atoms with E-state index in [2.05, 4.69) is 4.29 Å². The van der Waals surface area contributed by atoms with Crippen LogP contribution in [0.15, 0.2) is 0 Å². The van der Waals surface area contributed by atoms with Gasteiger partial charge in [-0.3, -0.25) is 0 Å². The maximum absolute atomic E-state index is 5.71. The molecule has 0 saturated carbocycles. The summed E-state index contributed by atoms with van der Waals surface area (Å²) < 4.78 is 4.37. The molecule has 1 aromatic rings. The quantitative estimate of drug-likeness (QED) is 0.392. The van der Waals surface area contributed by atoms with Gasteiger partial charge in [0.05, 0.1) is 15.1 Å². The van der Waals surface area contributed by atoms with E-state index in [1.165, 1.54) is 0 Å². The molecule has 0 amide bonds. The minimum Gasteiger partial charge on any atom is -0.382 e. The molecule has 0 saturated heterocycles. The van der Waals surface area contributed by atoms with Gasteiger partial charge in [-0.1, -0.05) is 58.0 Å². The van der Waals surface area contributed by atoms with Crippen LogP contribution in [0.2, 0.25) is 25.1 Å². The van der Waals surface area contributed by atoms with Gasteiger partial charge in [0.25, 0.3) is 0 Å². The minimum atomic E-state index is -0.00981. The SMILES string of the molecule is ClOc1c(Cl)c(Cl)c(Cl)c(Cl)c1Cl.[K]. The molecule has 0 unspecified atom stereocenters. The van der Waals surface area contributed by atoms with Crippen LogP contribution in [-0.2, 0) is 0 Å². The summed E-state index contributed by atoms with van der Waals surface area (Å²) in [6, 6.07) is 0. The smallest absolute Gasteiger partial charge is 0.186 e. The fourth-order valence-corrected chi connectivity index (χ4v) is 2.08. The van der Waals surface area contributed by atoms with Crippen molar-refractivity contribution in [3.63, 3.8) is 0 Å². The fourth-order valence-electron chi connectivity index (χ4n) is 0.652. The molecule has 0 aromatic heterocycles. The average molecular weight is 340 g/mol. The predicted octanol–water partition coefficient (Wildman–Crippen LogP) is 5.11. The summed E-state index contributed by atoms with van der Waals surface area (Å²) >= 11 is 33.6. The zero-order valence-corrected chi connectivity index (χ0v) is 14.3. The first-order chi connectivity index (χ1) is 6.00. The molecule has 0 aliphatic carbocycles. The molecule has 1 radical (unpaired) electrons. The third-order valence-corrected chi connectivity index (χ3v) is 3.64. The molecule has 0 bridgehead atoms. The Hall–Kier alpha value is 2.40. The van der Waals surface area contributed by atoms with Crippen LogP contribution < -0.4 is 4.29 Å². The van der Waals surface area contributed by atoms with Crippen LogP contribution in [0.25, 0.3) is 0 Å². The maximum atomic E-state index is 5.71. The first kappa shape index (κ1) is 16.4. The Morgan fingerprint density at radius 3 is 1.21 bits per heavy atom. The maximum Gasteiger partial charge on any atom is 0.186 e. The molecule has 73 valence electrons. The van der Waals surface area contributed by atoms with Crippen molar-refractivity contribution in [1.82, 2.24) is 0 Å². The molecule has 0 N–H and O–H groups in total. The van der Waals surface area contributed by atoms with E-state index >= 15 is 0 Å². The first-order valence-corrected chi connectivity index (χ1v) is 5.00. The summed E-state index contributed by atoms with van der Waals surface area (Å²) in [4.78, 5) is 0. The molecule has 1 nitrogen and oxygen atoms in total. The molecule has 0 heterocycles. The van der Waals surface area contributed by atoms with E-state index in [4.69, 9.17) is 69.9 Å². The Morgan fingerprint density at radius 1 is 0.643 bits per heavy atom. The zero-order valence-electron chi connectivity index (χ0n) is 6.68. The normalized spacial score (nSPS) is 9.57. The largest absolute Gasteiger partial charge is 0.382 e. The van der Waals surface area contributed by atoms with E-state index in [0.717, 1.165) is 0 Å². The second-order valence-electron chi connectivity index (χ2n) is 1.98. The third kappa shape index (κ3) is 3.20. The number of rotatable bonds is 1. The van der Waals surface area contributed by atoms with E-state index in [1.54, 1.807) is 0 Å². The Labute approximate surface area is 153 Å². The van der Waals surface area contributed by atoms with Crippen molar-refractivity contribution >= 4 is 121 Å². The van der Waals surface area contributed by atoms with E-state index < -0.39 is 0 Å². The van der Waals surface area contributed by atoms with Crippen molar-refractivity contribution < 1.29 is 4.29 Å². The van der Waals surface area contributed by atoms with Crippen LogP contribution in [0.4, 0.5) is 0 Å². The van der Waals surface area contributed by atoms with Gasteiger partial charge in [-0.15, -0.1) is 0 Å². The summed E-state index contributed by atoms with van der Waals surface area (Å²) in [7, 11) is 0. The molecule has 1 aromatic carbocycles. The van der Waals surface area contributed by atoms with Crippen LogP contribution in [0.3, 0.4) is 0 Å². The van der Waals surface area contributed by atoms with Gasteiger partial charge in [-0.05, 0) is 0 Å². The molecule has 0 aliphatic heterocycles. The van der Waals surface area contributed by atoms with E-state index in [1.807, 2.05) is 0 Å². The van der Waals surface area contributed by atoms with Gasteiger partial charge >= 0.3 is 0 Å². The van der Waals surface area contributed by atoms with Crippen molar-refractivity contribution in [2.24, 2.45) is 0 Å². The van der Waals surface area contributed by atoms with Gasteiger partial charge in [-0.2, -0.15) is 0 Å². The molecule has 0 fully saturated rings. The Balaban J connectivity index is 0.00000169. The van der Waals surface area contributed by atoms with Crippen molar-refractivity contribution in [3.8, 4) is 5.75 Å². The summed E-state index contributed by atoms with van der Waals surface area (Å²) in [5.41, 5.74) is 0. The molecular formula is C6Cl6KO. The second kappa shape index (κ2) is 6.97. The Morgan fingerprint density at radius 2 is 0.929 bits per heavy atom. The van der Waals surface area contributed by atoms with Crippen LogP contribution in [0, 0.1) is 0 Å². The van der Waals surface area contributed by atoms with Gasteiger partial charge in [0.1, 0.15) is 21.9 Å². The van der Waals surface area contributed by atoms with Crippen molar-refractivity contribution in [3.05, 3.63) is 25.1 Å².